The van der Waals surface area contributed by atoms with Gasteiger partial charge < -0.3 is 15.0 Å². The second-order valence-electron chi connectivity index (χ2n) is 6.89. The average Bonchev–Trinajstić information content (AvgIpc) is 3.22. The lowest BCUT2D eigenvalue weighted by atomic mass is 9.89. The van der Waals surface area contributed by atoms with E-state index in [9.17, 15) is 4.79 Å². The summed E-state index contributed by atoms with van der Waals surface area (Å²) in [5, 5.41) is 16.9. The number of aliphatic carboxylic acids is 1. The van der Waals surface area contributed by atoms with Gasteiger partial charge in [-0.15, -0.1) is 0 Å². The van der Waals surface area contributed by atoms with Gasteiger partial charge in [0.1, 0.15) is 12.2 Å². The molecule has 1 saturated carbocycles. The van der Waals surface area contributed by atoms with Crippen molar-refractivity contribution in [1.82, 2.24) is 24.3 Å². The summed E-state index contributed by atoms with van der Waals surface area (Å²) in [4.78, 5) is 19.7. The molecule has 0 amide bonds. The van der Waals surface area contributed by atoms with Crippen molar-refractivity contribution in [3.05, 3.63) is 30.9 Å². The van der Waals surface area contributed by atoms with Gasteiger partial charge in [-0.1, -0.05) is 19.3 Å². The summed E-state index contributed by atoms with van der Waals surface area (Å²) in [6.45, 7) is 0.822. The predicted octanol–water partition coefficient (Wildman–Crippen LogP) is 3.04. The normalized spacial score (nSPS) is 15.4. The maximum atomic E-state index is 10.7. The van der Waals surface area contributed by atoms with Crippen LogP contribution in [0, 0.1) is 5.92 Å². The third-order valence-electron chi connectivity index (χ3n) is 4.87. The van der Waals surface area contributed by atoms with Crippen molar-refractivity contribution in [3.8, 4) is 0 Å². The number of carboxylic acids is 1. The molecule has 136 valence electrons. The van der Waals surface area contributed by atoms with Gasteiger partial charge in [0, 0.05) is 30.5 Å². The van der Waals surface area contributed by atoms with Crippen LogP contribution in [-0.2, 0) is 17.9 Å². The van der Waals surface area contributed by atoms with Crippen LogP contribution in [0.5, 0.6) is 0 Å². The highest BCUT2D eigenvalue weighted by molar-refractivity contribution is 5.76. The molecule has 1 fully saturated rings. The van der Waals surface area contributed by atoms with Gasteiger partial charge in [0.05, 0.1) is 11.9 Å². The zero-order chi connectivity index (χ0) is 17.9. The number of rotatable bonds is 6. The molecule has 3 heterocycles. The molecule has 26 heavy (non-hydrogen) atoms. The van der Waals surface area contributed by atoms with Crippen LogP contribution in [-0.4, -0.2) is 35.4 Å². The molecule has 0 saturated heterocycles. The molecular weight excluding hydrogens is 332 g/mol. The third-order valence-corrected chi connectivity index (χ3v) is 4.87. The van der Waals surface area contributed by atoms with E-state index in [4.69, 9.17) is 5.11 Å². The van der Waals surface area contributed by atoms with E-state index in [0.29, 0.717) is 11.6 Å². The zero-order valence-electron chi connectivity index (χ0n) is 14.5. The molecule has 3 aromatic heterocycles. The third kappa shape index (κ3) is 3.68. The monoisotopic (exact) mass is 354 g/mol. The number of carbonyl (C=O) groups is 1. The van der Waals surface area contributed by atoms with Gasteiger partial charge in [0.25, 0.3) is 0 Å². The van der Waals surface area contributed by atoms with Crippen LogP contribution in [0.4, 0.5) is 11.6 Å². The molecule has 0 spiro atoms. The van der Waals surface area contributed by atoms with Crippen LogP contribution in [0.25, 0.3) is 11.0 Å². The van der Waals surface area contributed by atoms with Gasteiger partial charge in [0.15, 0.2) is 0 Å². The fourth-order valence-corrected chi connectivity index (χ4v) is 3.61. The number of hydrogen-bond donors (Lipinski definition) is 2. The first-order chi connectivity index (χ1) is 12.7. The minimum absolute atomic E-state index is 0.175. The fourth-order valence-electron chi connectivity index (χ4n) is 3.61. The van der Waals surface area contributed by atoms with E-state index in [1.165, 1.54) is 36.8 Å². The molecule has 1 aliphatic rings. The van der Waals surface area contributed by atoms with E-state index in [1.54, 1.807) is 12.4 Å². The second kappa shape index (κ2) is 7.15. The fraction of sp³-hybridized carbons (Fsp3) is 0.444. The van der Waals surface area contributed by atoms with Crippen LogP contribution in [0.3, 0.4) is 0 Å². The Hall–Kier alpha value is -2.90. The minimum Gasteiger partial charge on any atom is -0.480 e. The summed E-state index contributed by atoms with van der Waals surface area (Å²) in [7, 11) is 0. The van der Waals surface area contributed by atoms with Crippen molar-refractivity contribution in [2.45, 2.75) is 45.2 Å². The summed E-state index contributed by atoms with van der Waals surface area (Å²) in [5.41, 5.74) is 1.59. The first kappa shape index (κ1) is 16.6. The number of nitrogens with zero attached hydrogens (tertiary/aromatic N) is 5. The molecule has 0 radical (unpaired) electrons. The molecule has 0 bridgehead atoms. The van der Waals surface area contributed by atoms with E-state index in [1.807, 2.05) is 12.3 Å². The lowest BCUT2D eigenvalue weighted by Gasteiger charge is -2.22. The zero-order valence-corrected chi connectivity index (χ0v) is 14.5. The van der Waals surface area contributed by atoms with E-state index >= 15 is 0 Å². The molecule has 0 atom stereocenters. The van der Waals surface area contributed by atoms with E-state index in [0.717, 1.165) is 23.5 Å². The minimum atomic E-state index is -0.933. The average molecular weight is 354 g/mol. The summed E-state index contributed by atoms with van der Waals surface area (Å²) in [5.74, 6) is 0.272. The van der Waals surface area contributed by atoms with Gasteiger partial charge in [-0.2, -0.15) is 10.1 Å². The Morgan fingerprint density at radius 1 is 1.27 bits per heavy atom. The van der Waals surface area contributed by atoms with Crippen molar-refractivity contribution in [2.24, 2.45) is 5.92 Å². The summed E-state index contributed by atoms with van der Waals surface area (Å²) >= 11 is 0. The quantitative estimate of drug-likeness (QED) is 0.706. The van der Waals surface area contributed by atoms with Crippen LogP contribution >= 0.6 is 0 Å². The molecule has 4 rings (SSSR count). The second-order valence-corrected chi connectivity index (χ2v) is 6.89. The Bertz CT molecular complexity index is 909. The van der Waals surface area contributed by atoms with Crippen LogP contribution in [0.2, 0.25) is 0 Å². The molecule has 3 aromatic rings. The van der Waals surface area contributed by atoms with Gasteiger partial charge >= 0.3 is 5.97 Å². The maximum absolute atomic E-state index is 10.7. The Morgan fingerprint density at radius 2 is 2.12 bits per heavy atom. The Balaban J connectivity index is 1.51. The van der Waals surface area contributed by atoms with Gasteiger partial charge in [-0.25, -0.2) is 4.98 Å². The molecule has 8 nitrogen and oxygen atoms in total. The van der Waals surface area contributed by atoms with Crippen molar-refractivity contribution in [2.75, 3.05) is 5.32 Å². The summed E-state index contributed by atoms with van der Waals surface area (Å²) in [6.07, 6.45) is 13.7. The summed E-state index contributed by atoms with van der Waals surface area (Å²) in [6, 6.07) is 2.05. The molecule has 1 aliphatic carbocycles. The SMILES string of the molecule is O=C(O)Cn1cc(Nc2ncc3ccn(CC4CCCCC4)c3n2)cn1. The highest BCUT2D eigenvalue weighted by atomic mass is 16.4. The van der Waals surface area contributed by atoms with E-state index in [2.05, 4.69) is 31.1 Å². The Kier molecular flexibility index (Phi) is 4.55. The lowest BCUT2D eigenvalue weighted by Crippen LogP contribution is -2.14. The van der Waals surface area contributed by atoms with Gasteiger partial charge in [0.2, 0.25) is 5.95 Å². The predicted molar refractivity (Wildman–Crippen MR) is 97.2 cm³/mol. The van der Waals surface area contributed by atoms with E-state index in [-0.39, 0.29) is 6.54 Å². The highest BCUT2D eigenvalue weighted by Gasteiger charge is 2.15. The molecule has 2 N–H and O–H groups in total. The van der Waals surface area contributed by atoms with Crippen molar-refractivity contribution >= 4 is 28.6 Å². The number of nitrogens with one attached hydrogen (secondary N) is 1. The van der Waals surface area contributed by atoms with Crippen molar-refractivity contribution in [3.63, 3.8) is 0 Å². The number of carboxylic acid groups (broad SMARTS) is 1. The standard InChI is InChI=1S/C18H22N6O2/c25-16(26)12-24-11-15(9-20-24)21-18-19-8-14-6-7-23(17(14)22-18)10-13-4-2-1-3-5-13/h6-9,11,13H,1-5,10,12H2,(H,25,26)(H,19,21,22). The number of aromatic nitrogens is 5. The lowest BCUT2D eigenvalue weighted by molar-refractivity contribution is -0.137. The summed E-state index contributed by atoms with van der Waals surface area (Å²) < 4.78 is 3.57. The van der Waals surface area contributed by atoms with Crippen molar-refractivity contribution < 1.29 is 9.90 Å². The molecule has 0 aliphatic heterocycles. The number of anilines is 2. The Morgan fingerprint density at radius 3 is 2.92 bits per heavy atom. The molecule has 0 unspecified atom stereocenters. The first-order valence-corrected chi connectivity index (χ1v) is 9.00. The van der Waals surface area contributed by atoms with Crippen molar-refractivity contribution in [1.29, 1.82) is 0 Å². The van der Waals surface area contributed by atoms with Crippen LogP contribution in [0.1, 0.15) is 32.1 Å². The van der Waals surface area contributed by atoms with Crippen LogP contribution in [0.15, 0.2) is 30.9 Å². The number of fused-ring (bicyclic) bond motifs is 1. The maximum Gasteiger partial charge on any atom is 0.325 e. The van der Waals surface area contributed by atoms with E-state index < -0.39 is 5.97 Å². The molecule has 8 heteroatoms. The first-order valence-electron chi connectivity index (χ1n) is 9.00. The Labute approximate surface area is 150 Å². The topological polar surface area (TPSA) is 97.9 Å². The molecular formula is C18H22N6O2. The largest absolute Gasteiger partial charge is 0.480 e. The van der Waals surface area contributed by atoms with Gasteiger partial charge in [-0.3, -0.25) is 9.48 Å². The smallest absolute Gasteiger partial charge is 0.325 e. The molecule has 0 aromatic carbocycles. The highest BCUT2D eigenvalue weighted by Crippen LogP contribution is 2.26. The van der Waals surface area contributed by atoms with Crippen LogP contribution < -0.4 is 5.32 Å². The van der Waals surface area contributed by atoms with Gasteiger partial charge in [-0.05, 0) is 24.8 Å². The number of hydrogen-bond acceptors (Lipinski definition) is 5.